The van der Waals surface area contributed by atoms with Crippen LogP contribution in [0.2, 0.25) is 0 Å². The van der Waals surface area contributed by atoms with E-state index in [1.807, 2.05) is 57.2 Å². The monoisotopic (exact) mass is 505 g/mol. The maximum absolute atomic E-state index is 14.0. The molecular formula is C31H27N3O4. The fourth-order valence-corrected chi connectivity index (χ4v) is 6.95. The number of hydrogen-bond acceptors (Lipinski definition) is 6. The van der Waals surface area contributed by atoms with Crippen LogP contribution in [-0.4, -0.2) is 29.6 Å². The average molecular weight is 506 g/mol. The molecule has 3 saturated heterocycles. The smallest absolute Gasteiger partial charge is 0.240 e. The molecule has 0 spiro atoms. The Labute approximate surface area is 221 Å². The standard InChI is InChI=1S/C31H27N3O4/c1-18-14-21(15-19(2)24(18)17-33)37-13-12-31-11-10-30(3,38-31)26-27(31)29(36)34(28(26)35)25-9-8-20(16-32)22-6-4-5-7-23(22)25/h4-9,14-15,26-27H,10-13H2,1-3H3. The van der Waals surface area contributed by atoms with Crippen LogP contribution in [0.4, 0.5) is 5.69 Å². The predicted octanol–water partition coefficient (Wildman–Crippen LogP) is 5.10. The summed E-state index contributed by atoms with van der Waals surface area (Å²) in [4.78, 5) is 29.2. The highest BCUT2D eigenvalue weighted by atomic mass is 16.5. The van der Waals surface area contributed by atoms with Crippen LogP contribution in [0.5, 0.6) is 5.75 Å². The molecule has 3 heterocycles. The summed E-state index contributed by atoms with van der Waals surface area (Å²) in [5.74, 6) is -0.958. The molecule has 3 aromatic carbocycles. The molecule has 0 aromatic heterocycles. The largest absolute Gasteiger partial charge is 0.493 e. The highest BCUT2D eigenvalue weighted by Gasteiger charge is 2.73. The van der Waals surface area contributed by atoms with Crippen molar-refractivity contribution in [2.45, 2.75) is 51.2 Å². The highest BCUT2D eigenvalue weighted by molar-refractivity contribution is 6.26. The number of nitriles is 2. The molecule has 4 atom stereocenters. The van der Waals surface area contributed by atoms with Crippen molar-refractivity contribution in [3.05, 3.63) is 70.8 Å². The lowest BCUT2D eigenvalue weighted by Crippen LogP contribution is -2.43. The minimum Gasteiger partial charge on any atom is -0.493 e. The van der Waals surface area contributed by atoms with Gasteiger partial charge in [-0.15, -0.1) is 0 Å². The molecule has 0 N–H and O–H groups in total. The third kappa shape index (κ3) is 3.29. The predicted molar refractivity (Wildman–Crippen MR) is 140 cm³/mol. The van der Waals surface area contributed by atoms with E-state index in [-0.39, 0.29) is 11.8 Å². The van der Waals surface area contributed by atoms with Gasteiger partial charge >= 0.3 is 0 Å². The number of nitrogens with zero attached hydrogens (tertiary/aromatic N) is 3. The Kier molecular flexibility index (Phi) is 5.35. The zero-order chi connectivity index (χ0) is 26.8. The van der Waals surface area contributed by atoms with Gasteiger partial charge in [0.1, 0.15) is 5.75 Å². The Balaban J connectivity index is 1.31. The van der Waals surface area contributed by atoms with E-state index < -0.39 is 23.0 Å². The first-order valence-corrected chi connectivity index (χ1v) is 12.9. The van der Waals surface area contributed by atoms with E-state index in [4.69, 9.17) is 9.47 Å². The number of ether oxygens (including phenoxy) is 2. The Morgan fingerprint density at radius 1 is 0.974 bits per heavy atom. The Bertz CT molecular complexity index is 1590. The van der Waals surface area contributed by atoms with Crippen LogP contribution in [0.15, 0.2) is 48.5 Å². The zero-order valence-electron chi connectivity index (χ0n) is 21.6. The van der Waals surface area contributed by atoms with E-state index in [9.17, 15) is 20.1 Å². The van der Waals surface area contributed by atoms with Gasteiger partial charge in [0.25, 0.3) is 0 Å². The summed E-state index contributed by atoms with van der Waals surface area (Å²) >= 11 is 0. The molecule has 3 aliphatic heterocycles. The number of imide groups is 1. The minimum atomic E-state index is -0.778. The third-order valence-electron chi connectivity index (χ3n) is 8.69. The van der Waals surface area contributed by atoms with Gasteiger partial charge < -0.3 is 9.47 Å². The van der Waals surface area contributed by atoms with Gasteiger partial charge in [-0.1, -0.05) is 24.3 Å². The molecule has 38 heavy (non-hydrogen) atoms. The Hall–Kier alpha value is -4.20. The Morgan fingerprint density at radius 2 is 1.66 bits per heavy atom. The van der Waals surface area contributed by atoms with E-state index in [1.54, 1.807) is 12.1 Å². The molecule has 4 unspecified atom stereocenters. The van der Waals surface area contributed by atoms with Gasteiger partial charge in [0.05, 0.1) is 58.6 Å². The first kappa shape index (κ1) is 24.2. The molecule has 6 rings (SSSR count). The number of anilines is 1. The van der Waals surface area contributed by atoms with Crippen molar-refractivity contribution in [3.63, 3.8) is 0 Å². The van der Waals surface area contributed by atoms with E-state index in [1.165, 1.54) is 4.90 Å². The van der Waals surface area contributed by atoms with Crippen LogP contribution < -0.4 is 9.64 Å². The van der Waals surface area contributed by atoms with Crippen molar-refractivity contribution in [1.82, 2.24) is 0 Å². The van der Waals surface area contributed by atoms with Crippen LogP contribution in [0.25, 0.3) is 10.8 Å². The second-order valence-electron chi connectivity index (χ2n) is 10.9. The van der Waals surface area contributed by atoms with Crippen molar-refractivity contribution >= 4 is 28.3 Å². The number of amides is 2. The van der Waals surface area contributed by atoms with Crippen LogP contribution >= 0.6 is 0 Å². The number of hydrogen-bond donors (Lipinski definition) is 0. The number of aryl methyl sites for hydroxylation is 2. The van der Waals surface area contributed by atoms with E-state index >= 15 is 0 Å². The Morgan fingerprint density at radius 3 is 2.34 bits per heavy atom. The molecule has 2 amide bonds. The summed E-state index contributed by atoms with van der Waals surface area (Å²) in [7, 11) is 0. The van der Waals surface area contributed by atoms with Crippen molar-refractivity contribution in [2.24, 2.45) is 11.8 Å². The topological polar surface area (TPSA) is 103 Å². The molecule has 7 nitrogen and oxygen atoms in total. The van der Waals surface area contributed by atoms with Crippen molar-refractivity contribution in [2.75, 3.05) is 11.5 Å². The molecule has 0 aliphatic carbocycles. The quantitative estimate of drug-likeness (QED) is 0.447. The number of rotatable bonds is 5. The van der Waals surface area contributed by atoms with Crippen molar-refractivity contribution < 1.29 is 19.1 Å². The van der Waals surface area contributed by atoms with Crippen LogP contribution in [-0.2, 0) is 14.3 Å². The number of fused-ring (bicyclic) bond motifs is 6. The second-order valence-corrected chi connectivity index (χ2v) is 10.9. The summed E-state index contributed by atoms with van der Waals surface area (Å²) in [6, 6.07) is 18.9. The van der Waals surface area contributed by atoms with Gasteiger partial charge in [-0.3, -0.25) is 9.59 Å². The average Bonchev–Trinajstić information content (AvgIpc) is 3.47. The SMILES string of the molecule is Cc1cc(OCCC23CCC(C)(O2)C2C(=O)N(c4ccc(C#N)c5ccccc45)C(=O)C23)cc(C)c1C#N. The molecule has 0 saturated carbocycles. The van der Waals surface area contributed by atoms with Crippen molar-refractivity contribution in [1.29, 1.82) is 10.5 Å². The van der Waals surface area contributed by atoms with Gasteiger partial charge in [-0.25, -0.2) is 4.90 Å². The number of carbonyl (C=O) groups excluding carboxylic acids is 2. The van der Waals surface area contributed by atoms with Gasteiger partial charge in [-0.05, 0) is 69.0 Å². The second kappa shape index (κ2) is 8.41. The molecule has 3 fully saturated rings. The van der Waals surface area contributed by atoms with Crippen LogP contribution in [0.1, 0.15) is 48.4 Å². The van der Waals surface area contributed by atoms with E-state index in [0.29, 0.717) is 59.2 Å². The summed E-state index contributed by atoms with van der Waals surface area (Å²) in [6.07, 6.45) is 1.85. The van der Waals surface area contributed by atoms with Crippen LogP contribution in [0, 0.1) is 48.3 Å². The lowest BCUT2D eigenvalue weighted by molar-refractivity contribution is -0.131. The molecular weight excluding hydrogens is 478 g/mol. The molecule has 190 valence electrons. The van der Waals surface area contributed by atoms with Gasteiger partial charge in [0.2, 0.25) is 11.8 Å². The molecule has 3 aromatic rings. The number of carbonyl (C=O) groups is 2. The van der Waals surface area contributed by atoms with Crippen molar-refractivity contribution in [3.8, 4) is 17.9 Å². The first-order valence-electron chi connectivity index (χ1n) is 12.9. The normalized spacial score (nSPS) is 27.4. The fraction of sp³-hybridized carbons (Fsp3) is 0.355. The number of benzene rings is 3. The highest BCUT2D eigenvalue weighted by Crippen LogP contribution is 2.62. The fourth-order valence-electron chi connectivity index (χ4n) is 6.95. The summed E-state index contributed by atoms with van der Waals surface area (Å²) in [5, 5.41) is 20.3. The molecule has 7 heteroatoms. The summed E-state index contributed by atoms with van der Waals surface area (Å²) < 4.78 is 12.6. The maximum atomic E-state index is 14.0. The zero-order valence-corrected chi connectivity index (χ0v) is 21.6. The molecule has 3 aliphatic rings. The maximum Gasteiger partial charge on any atom is 0.240 e. The third-order valence-corrected chi connectivity index (χ3v) is 8.69. The lowest BCUT2D eigenvalue weighted by atomic mass is 9.67. The molecule has 2 bridgehead atoms. The summed E-state index contributed by atoms with van der Waals surface area (Å²) in [6.45, 7) is 6.04. The molecule has 0 radical (unpaired) electrons. The van der Waals surface area contributed by atoms with Gasteiger partial charge in [-0.2, -0.15) is 10.5 Å². The van der Waals surface area contributed by atoms with Crippen LogP contribution in [0.3, 0.4) is 0 Å². The lowest BCUT2D eigenvalue weighted by Gasteiger charge is -2.31. The van der Waals surface area contributed by atoms with Gasteiger partial charge in [0, 0.05) is 17.2 Å². The van der Waals surface area contributed by atoms with E-state index in [0.717, 1.165) is 11.1 Å². The first-order chi connectivity index (χ1) is 18.2. The summed E-state index contributed by atoms with van der Waals surface area (Å²) in [5.41, 5.74) is 1.88. The van der Waals surface area contributed by atoms with Gasteiger partial charge in [0.15, 0.2) is 0 Å². The minimum absolute atomic E-state index is 0.238. The van der Waals surface area contributed by atoms with E-state index in [2.05, 4.69) is 12.1 Å².